The second kappa shape index (κ2) is 3.90. The summed E-state index contributed by atoms with van der Waals surface area (Å²) in [6.07, 6.45) is 0.965. The number of aromatic amines is 1. The first-order valence-corrected chi connectivity index (χ1v) is 5.40. The van der Waals surface area contributed by atoms with Gasteiger partial charge in [0.15, 0.2) is 0 Å². The van der Waals surface area contributed by atoms with Crippen molar-refractivity contribution in [2.24, 2.45) is 5.90 Å². The van der Waals surface area contributed by atoms with Crippen molar-refractivity contribution < 1.29 is 9.57 Å². The van der Waals surface area contributed by atoms with E-state index in [1.807, 2.05) is 6.07 Å². The van der Waals surface area contributed by atoms with E-state index in [0.717, 1.165) is 24.1 Å². The number of rotatable bonds is 2. The van der Waals surface area contributed by atoms with Gasteiger partial charge in [0.25, 0.3) is 0 Å². The monoisotopic (exact) mass is 218 g/mol. The van der Waals surface area contributed by atoms with Crippen LogP contribution < -0.4 is 5.90 Å². The molecular weight excluding hydrogens is 204 g/mol. The third-order valence-corrected chi connectivity index (χ3v) is 3.05. The Bertz CT molecular complexity index is 519. The summed E-state index contributed by atoms with van der Waals surface area (Å²) >= 11 is 0. The first-order valence-electron chi connectivity index (χ1n) is 5.40. The van der Waals surface area contributed by atoms with Crippen LogP contribution in [0.5, 0.6) is 0 Å². The number of aromatic nitrogens is 1. The van der Waals surface area contributed by atoms with Crippen LogP contribution in [-0.2, 0) is 29.2 Å². The minimum atomic E-state index is 0.441. The number of nitrogens with one attached hydrogen (secondary N) is 1. The average Bonchev–Trinajstić information content (AvgIpc) is 2.68. The van der Waals surface area contributed by atoms with E-state index in [2.05, 4.69) is 22.0 Å². The first kappa shape index (κ1) is 9.84. The molecule has 0 atom stereocenters. The van der Waals surface area contributed by atoms with E-state index in [-0.39, 0.29) is 0 Å². The van der Waals surface area contributed by atoms with E-state index in [4.69, 9.17) is 10.6 Å². The quantitative estimate of drug-likeness (QED) is 0.753. The minimum absolute atomic E-state index is 0.441. The molecule has 0 bridgehead atoms. The second-order valence-corrected chi connectivity index (χ2v) is 4.08. The van der Waals surface area contributed by atoms with Gasteiger partial charge in [0.2, 0.25) is 0 Å². The molecule has 0 fully saturated rings. The van der Waals surface area contributed by atoms with Crippen molar-refractivity contribution in [3.05, 3.63) is 35.0 Å². The third-order valence-electron chi connectivity index (χ3n) is 3.05. The maximum atomic E-state index is 5.49. The molecule has 2 aromatic rings. The van der Waals surface area contributed by atoms with Crippen molar-refractivity contribution in [2.45, 2.75) is 19.6 Å². The van der Waals surface area contributed by atoms with Gasteiger partial charge in [0.1, 0.15) is 0 Å². The Kier molecular flexibility index (Phi) is 2.40. The molecule has 4 nitrogen and oxygen atoms in total. The van der Waals surface area contributed by atoms with Crippen molar-refractivity contribution in [3.8, 4) is 0 Å². The normalized spacial score (nSPS) is 15.3. The molecule has 0 amide bonds. The molecule has 3 N–H and O–H groups in total. The van der Waals surface area contributed by atoms with Crippen molar-refractivity contribution >= 4 is 10.9 Å². The van der Waals surface area contributed by atoms with E-state index < -0.39 is 0 Å². The summed E-state index contributed by atoms with van der Waals surface area (Å²) in [6, 6.07) is 6.21. The van der Waals surface area contributed by atoms with Crippen molar-refractivity contribution in [3.63, 3.8) is 0 Å². The van der Waals surface area contributed by atoms with Gasteiger partial charge in [0, 0.05) is 28.6 Å². The Morgan fingerprint density at radius 3 is 3.25 bits per heavy atom. The van der Waals surface area contributed by atoms with Crippen LogP contribution in [0, 0.1) is 0 Å². The van der Waals surface area contributed by atoms with Gasteiger partial charge in [-0.3, -0.25) is 4.84 Å². The van der Waals surface area contributed by atoms with Crippen LogP contribution in [0.1, 0.15) is 16.8 Å². The van der Waals surface area contributed by atoms with Gasteiger partial charge in [0.05, 0.1) is 19.8 Å². The Morgan fingerprint density at radius 1 is 1.44 bits per heavy atom. The van der Waals surface area contributed by atoms with Crippen LogP contribution in [0.15, 0.2) is 18.2 Å². The van der Waals surface area contributed by atoms with Crippen molar-refractivity contribution in [1.29, 1.82) is 0 Å². The maximum absolute atomic E-state index is 5.49. The van der Waals surface area contributed by atoms with Gasteiger partial charge in [-0.15, -0.1) is 0 Å². The fraction of sp³-hybridized carbons (Fsp3) is 0.333. The molecule has 0 aliphatic carbocycles. The van der Waals surface area contributed by atoms with Gasteiger partial charge in [-0.2, -0.15) is 0 Å². The van der Waals surface area contributed by atoms with Crippen molar-refractivity contribution in [1.82, 2.24) is 4.98 Å². The van der Waals surface area contributed by atoms with Crippen LogP contribution in [0.3, 0.4) is 0 Å². The molecule has 1 aliphatic heterocycles. The number of H-pyrrole nitrogens is 1. The van der Waals surface area contributed by atoms with E-state index in [1.54, 1.807) is 0 Å². The van der Waals surface area contributed by atoms with E-state index in [9.17, 15) is 0 Å². The van der Waals surface area contributed by atoms with Crippen molar-refractivity contribution in [2.75, 3.05) is 6.61 Å². The van der Waals surface area contributed by atoms with E-state index >= 15 is 0 Å². The lowest BCUT2D eigenvalue weighted by Gasteiger charge is -2.11. The fourth-order valence-electron chi connectivity index (χ4n) is 2.26. The molecule has 1 aromatic carbocycles. The lowest BCUT2D eigenvalue weighted by atomic mass is 10.1. The number of hydrogen-bond donors (Lipinski definition) is 2. The molecule has 3 rings (SSSR count). The third kappa shape index (κ3) is 1.51. The average molecular weight is 218 g/mol. The van der Waals surface area contributed by atoms with Gasteiger partial charge >= 0.3 is 0 Å². The number of hydrogen-bond acceptors (Lipinski definition) is 3. The molecule has 2 heterocycles. The van der Waals surface area contributed by atoms with E-state index in [1.165, 1.54) is 16.6 Å². The highest BCUT2D eigenvalue weighted by atomic mass is 16.6. The van der Waals surface area contributed by atoms with Crippen LogP contribution >= 0.6 is 0 Å². The topological polar surface area (TPSA) is 60.3 Å². The van der Waals surface area contributed by atoms with Gasteiger partial charge in [-0.1, -0.05) is 6.07 Å². The molecule has 16 heavy (non-hydrogen) atoms. The Hall–Kier alpha value is -1.36. The van der Waals surface area contributed by atoms with Crippen LogP contribution in [0.25, 0.3) is 10.9 Å². The lowest BCUT2D eigenvalue weighted by molar-refractivity contribution is 0.111. The standard InChI is InChI=1S/C12H14N2O2/c13-16-6-8-1-2-11-9(5-8)10-7-15-4-3-12(10)14-11/h1-2,5,14H,3-4,6-7,13H2. The van der Waals surface area contributed by atoms with E-state index in [0.29, 0.717) is 13.2 Å². The van der Waals surface area contributed by atoms with Gasteiger partial charge < -0.3 is 9.72 Å². The summed E-state index contributed by atoms with van der Waals surface area (Å²) in [5, 5.41) is 1.23. The molecular formula is C12H14N2O2. The number of nitrogens with two attached hydrogens (primary N) is 1. The molecule has 1 aromatic heterocycles. The Balaban J connectivity index is 2.13. The Labute approximate surface area is 93.3 Å². The zero-order valence-corrected chi connectivity index (χ0v) is 8.95. The highest BCUT2D eigenvalue weighted by Crippen LogP contribution is 2.27. The van der Waals surface area contributed by atoms with Crippen LogP contribution in [-0.4, -0.2) is 11.6 Å². The second-order valence-electron chi connectivity index (χ2n) is 4.08. The highest BCUT2D eigenvalue weighted by Gasteiger charge is 2.15. The predicted molar refractivity (Wildman–Crippen MR) is 60.6 cm³/mol. The first-order chi connectivity index (χ1) is 7.88. The molecule has 0 unspecified atom stereocenters. The molecule has 0 radical (unpaired) electrons. The minimum Gasteiger partial charge on any atom is -0.376 e. The fourth-order valence-corrected chi connectivity index (χ4v) is 2.26. The largest absolute Gasteiger partial charge is 0.376 e. The summed E-state index contributed by atoms with van der Waals surface area (Å²) in [5.41, 5.74) is 4.82. The molecule has 1 aliphatic rings. The molecule has 0 saturated carbocycles. The SMILES string of the molecule is NOCc1ccc2[nH]c3c(c2c1)COCC3. The van der Waals surface area contributed by atoms with Crippen LogP contribution in [0.2, 0.25) is 0 Å². The maximum Gasteiger partial charge on any atom is 0.0930 e. The van der Waals surface area contributed by atoms with Crippen LogP contribution in [0.4, 0.5) is 0 Å². The molecule has 4 heteroatoms. The number of ether oxygens (including phenoxy) is 1. The zero-order valence-electron chi connectivity index (χ0n) is 8.95. The van der Waals surface area contributed by atoms with Gasteiger partial charge in [-0.05, 0) is 17.7 Å². The number of fused-ring (bicyclic) bond motifs is 3. The zero-order chi connectivity index (χ0) is 11.0. The lowest BCUT2D eigenvalue weighted by Crippen LogP contribution is -2.08. The van der Waals surface area contributed by atoms with Gasteiger partial charge in [-0.25, -0.2) is 5.90 Å². The predicted octanol–water partition coefficient (Wildman–Crippen LogP) is 1.63. The molecule has 0 saturated heterocycles. The smallest absolute Gasteiger partial charge is 0.0930 e. The molecule has 84 valence electrons. The summed E-state index contributed by atoms with van der Waals surface area (Å²) in [7, 11) is 0. The molecule has 0 spiro atoms. The number of benzene rings is 1. The summed E-state index contributed by atoms with van der Waals surface area (Å²) < 4.78 is 5.49. The summed E-state index contributed by atoms with van der Waals surface area (Å²) in [5.74, 6) is 5.09. The summed E-state index contributed by atoms with van der Waals surface area (Å²) in [4.78, 5) is 8.09. The Morgan fingerprint density at radius 2 is 2.38 bits per heavy atom. The highest BCUT2D eigenvalue weighted by molar-refractivity contribution is 5.85. The summed E-state index contributed by atoms with van der Waals surface area (Å²) in [6.45, 7) is 1.94.